The molecule has 0 radical (unpaired) electrons. The van der Waals surface area contributed by atoms with Crippen LogP contribution in [0.1, 0.15) is 36.5 Å². The summed E-state index contributed by atoms with van der Waals surface area (Å²) in [5, 5.41) is 0. The maximum Gasteiger partial charge on any atom is -0.0155 e. The molecule has 0 nitrogen and oxygen atoms in total. The number of rotatable bonds is 4. The van der Waals surface area contributed by atoms with Crippen LogP contribution in [0.3, 0.4) is 0 Å². The standard InChI is InChI=1S/C18H22/c1-4-5-6-16-8-10-17(11-9-16)18-12-7-14(2)13-15(18)3/h7-13H,4-6H2,1-3H3. The van der Waals surface area contributed by atoms with Crippen LogP contribution < -0.4 is 0 Å². The summed E-state index contributed by atoms with van der Waals surface area (Å²) < 4.78 is 0. The van der Waals surface area contributed by atoms with E-state index in [0.29, 0.717) is 0 Å². The molecule has 0 heterocycles. The van der Waals surface area contributed by atoms with Gasteiger partial charge in [-0.25, -0.2) is 0 Å². The Morgan fingerprint density at radius 3 is 2.22 bits per heavy atom. The fraction of sp³-hybridized carbons (Fsp3) is 0.333. The van der Waals surface area contributed by atoms with Crippen molar-refractivity contribution >= 4 is 0 Å². The smallest absolute Gasteiger partial charge is 0.0155 e. The fourth-order valence-electron chi connectivity index (χ4n) is 2.37. The zero-order valence-electron chi connectivity index (χ0n) is 11.7. The number of aryl methyl sites for hydroxylation is 3. The first-order valence-corrected chi connectivity index (χ1v) is 6.87. The quantitative estimate of drug-likeness (QED) is 0.677. The van der Waals surface area contributed by atoms with E-state index in [1.165, 1.54) is 47.1 Å². The Labute approximate surface area is 111 Å². The van der Waals surface area contributed by atoms with Gasteiger partial charge in [-0.3, -0.25) is 0 Å². The van der Waals surface area contributed by atoms with Gasteiger partial charge in [-0.1, -0.05) is 61.4 Å². The van der Waals surface area contributed by atoms with Crippen molar-refractivity contribution in [3.8, 4) is 11.1 Å². The molecule has 0 aliphatic heterocycles. The van der Waals surface area contributed by atoms with Gasteiger partial charge in [0.15, 0.2) is 0 Å². The van der Waals surface area contributed by atoms with E-state index in [4.69, 9.17) is 0 Å². The van der Waals surface area contributed by atoms with Crippen molar-refractivity contribution < 1.29 is 0 Å². The summed E-state index contributed by atoms with van der Waals surface area (Å²) in [6.07, 6.45) is 3.74. The molecule has 2 aromatic rings. The van der Waals surface area contributed by atoms with Crippen LogP contribution in [0.4, 0.5) is 0 Å². The van der Waals surface area contributed by atoms with Crippen molar-refractivity contribution in [3.63, 3.8) is 0 Å². The average Bonchev–Trinajstić information content (AvgIpc) is 2.37. The van der Waals surface area contributed by atoms with E-state index in [1.54, 1.807) is 0 Å². The van der Waals surface area contributed by atoms with E-state index >= 15 is 0 Å². The number of unbranched alkanes of at least 4 members (excludes halogenated alkanes) is 1. The van der Waals surface area contributed by atoms with E-state index in [9.17, 15) is 0 Å². The van der Waals surface area contributed by atoms with Crippen molar-refractivity contribution in [2.75, 3.05) is 0 Å². The lowest BCUT2D eigenvalue weighted by atomic mass is 9.97. The zero-order chi connectivity index (χ0) is 13.0. The van der Waals surface area contributed by atoms with Crippen molar-refractivity contribution in [1.29, 1.82) is 0 Å². The third kappa shape index (κ3) is 3.01. The van der Waals surface area contributed by atoms with Crippen LogP contribution in [0.25, 0.3) is 11.1 Å². The van der Waals surface area contributed by atoms with Gasteiger partial charge in [-0.2, -0.15) is 0 Å². The Bertz CT molecular complexity index is 506. The van der Waals surface area contributed by atoms with Gasteiger partial charge in [0.25, 0.3) is 0 Å². The molecular weight excluding hydrogens is 216 g/mol. The summed E-state index contributed by atoms with van der Waals surface area (Å²) in [6.45, 7) is 6.57. The SMILES string of the molecule is CCCCc1ccc(-c2ccc(C)cc2C)cc1. The molecule has 0 unspecified atom stereocenters. The number of hydrogen-bond donors (Lipinski definition) is 0. The zero-order valence-corrected chi connectivity index (χ0v) is 11.7. The lowest BCUT2D eigenvalue weighted by Crippen LogP contribution is -1.87. The molecule has 0 spiro atoms. The molecule has 0 aliphatic rings. The molecule has 0 aliphatic carbocycles. The predicted octanol–water partition coefficient (Wildman–Crippen LogP) is 5.31. The Hall–Kier alpha value is -1.56. The number of benzene rings is 2. The monoisotopic (exact) mass is 238 g/mol. The highest BCUT2D eigenvalue weighted by Crippen LogP contribution is 2.24. The molecule has 18 heavy (non-hydrogen) atoms. The highest BCUT2D eigenvalue weighted by atomic mass is 14.1. The van der Waals surface area contributed by atoms with Gasteiger partial charge in [0.1, 0.15) is 0 Å². The van der Waals surface area contributed by atoms with Crippen LogP contribution in [0, 0.1) is 13.8 Å². The highest BCUT2D eigenvalue weighted by Gasteiger charge is 2.02. The van der Waals surface area contributed by atoms with Crippen molar-refractivity contribution in [2.45, 2.75) is 40.0 Å². The van der Waals surface area contributed by atoms with Gasteiger partial charge in [-0.05, 0) is 48.9 Å². The van der Waals surface area contributed by atoms with Gasteiger partial charge in [-0.15, -0.1) is 0 Å². The van der Waals surface area contributed by atoms with Gasteiger partial charge >= 0.3 is 0 Å². The molecule has 0 heteroatoms. The summed E-state index contributed by atoms with van der Waals surface area (Å²) in [5.74, 6) is 0. The fourth-order valence-corrected chi connectivity index (χ4v) is 2.37. The van der Waals surface area contributed by atoms with E-state index in [-0.39, 0.29) is 0 Å². The summed E-state index contributed by atoms with van der Waals surface area (Å²) in [7, 11) is 0. The van der Waals surface area contributed by atoms with E-state index in [0.717, 1.165) is 0 Å². The predicted molar refractivity (Wildman–Crippen MR) is 80.0 cm³/mol. The summed E-state index contributed by atoms with van der Waals surface area (Å²) in [4.78, 5) is 0. The molecule has 2 rings (SSSR count). The Kier molecular flexibility index (Phi) is 4.19. The largest absolute Gasteiger partial charge is 0.0654 e. The van der Waals surface area contributed by atoms with Crippen LogP contribution >= 0.6 is 0 Å². The van der Waals surface area contributed by atoms with Gasteiger partial charge in [0.05, 0.1) is 0 Å². The summed E-state index contributed by atoms with van der Waals surface area (Å²) in [5.41, 5.74) is 6.81. The second-order valence-electron chi connectivity index (χ2n) is 5.12. The van der Waals surface area contributed by atoms with Crippen LogP contribution in [0.15, 0.2) is 42.5 Å². The molecule has 0 amide bonds. The van der Waals surface area contributed by atoms with Crippen molar-refractivity contribution in [3.05, 3.63) is 59.2 Å². The maximum absolute atomic E-state index is 2.27. The van der Waals surface area contributed by atoms with Crippen LogP contribution in [-0.2, 0) is 6.42 Å². The summed E-state index contributed by atoms with van der Waals surface area (Å²) >= 11 is 0. The highest BCUT2D eigenvalue weighted by molar-refractivity contribution is 5.67. The first kappa shape index (κ1) is 12.9. The van der Waals surface area contributed by atoms with Crippen LogP contribution in [0.5, 0.6) is 0 Å². The molecule has 0 saturated carbocycles. The second kappa shape index (κ2) is 5.86. The molecule has 2 aromatic carbocycles. The van der Waals surface area contributed by atoms with E-state index in [2.05, 4.69) is 63.2 Å². The van der Waals surface area contributed by atoms with Gasteiger partial charge in [0, 0.05) is 0 Å². The molecule has 94 valence electrons. The minimum atomic E-state index is 1.20. The Morgan fingerprint density at radius 1 is 0.889 bits per heavy atom. The molecule has 0 fully saturated rings. The van der Waals surface area contributed by atoms with Gasteiger partial charge < -0.3 is 0 Å². The summed E-state index contributed by atoms with van der Waals surface area (Å²) in [6, 6.07) is 15.7. The maximum atomic E-state index is 2.27. The van der Waals surface area contributed by atoms with Gasteiger partial charge in [0.2, 0.25) is 0 Å². The minimum Gasteiger partial charge on any atom is -0.0654 e. The molecule has 0 atom stereocenters. The Morgan fingerprint density at radius 2 is 1.61 bits per heavy atom. The molecular formula is C18H22. The molecule has 0 aromatic heterocycles. The minimum absolute atomic E-state index is 1.20. The lowest BCUT2D eigenvalue weighted by molar-refractivity contribution is 0.795. The normalized spacial score (nSPS) is 10.6. The topological polar surface area (TPSA) is 0 Å². The molecule has 0 saturated heterocycles. The van der Waals surface area contributed by atoms with E-state index in [1.807, 2.05) is 0 Å². The molecule has 0 N–H and O–H groups in total. The van der Waals surface area contributed by atoms with Crippen LogP contribution in [0.2, 0.25) is 0 Å². The Balaban J connectivity index is 2.23. The third-order valence-corrected chi connectivity index (χ3v) is 3.47. The van der Waals surface area contributed by atoms with Crippen molar-refractivity contribution in [2.24, 2.45) is 0 Å². The lowest BCUT2D eigenvalue weighted by Gasteiger charge is -2.08. The molecule has 0 bridgehead atoms. The number of hydrogen-bond acceptors (Lipinski definition) is 0. The first-order chi connectivity index (χ1) is 8.70. The van der Waals surface area contributed by atoms with Crippen molar-refractivity contribution in [1.82, 2.24) is 0 Å². The second-order valence-corrected chi connectivity index (χ2v) is 5.12. The van der Waals surface area contributed by atoms with E-state index < -0.39 is 0 Å². The average molecular weight is 238 g/mol. The van der Waals surface area contributed by atoms with Crippen LogP contribution in [-0.4, -0.2) is 0 Å². The third-order valence-electron chi connectivity index (χ3n) is 3.47. The first-order valence-electron chi connectivity index (χ1n) is 6.87.